The summed E-state index contributed by atoms with van der Waals surface area (Å²) in [6, 6.07) is 13.5. The molecule has 1 atom stereocenters. The van der Waals surface area contributed by atoms with Crippen LogP contribution in [0.4, 0.5) is 0 Å². The van der Waals surface area contributed by atoms with Crippen LogP contribution < -0.4 is 10.1 Å². The molecule has 0 saturated carbocycles. The van der Waals surface area contributed by atoms with Crippen LogP contribution in [0.3, 0.4) is 0 Å². The first-order valence-corrected chi connectivity index (χ1v) is 6.66. The quantitative estimate of drug-likeness (QED) is 0.821. The first-order chi connectivity index (χ1) is 9.25. The first kappa shape index (κ1) is 13.8. The maximum atomic E-state index is 5.88. The SMILES string of the molecule is CC(NCCOc1cccc(Cl)c1)c1ccccn1. The maximum Gasteiger partial charge on any atom is 0.120 e. The molecule has 100 valence electrons. The lowest BCUT2D eigenvalue weighted by molar-refractivity contribution is 0.307. The van der Waals surface area contributed by atoms with Gasteiger partial charge in [0.15, 0.2) is 0 Å². The molecule has 0 saturated heterocycles. The third-order valence-electron chi connectivity index (χ3n) is 2.75. The lowest BCUT2D eigenvalue weighted by atomic mass is 10.2. The van der Waals surface area contributed by atoms with E-state index in [-0.39, 0.29) is 6.04 Å². The minimum atomic E-state index is 0.212. The van der Waals surface area contributed by atoms with E-state index in [2.05, 4.69) is 17.2 Å². The van der Waals surface area contributed by atoms with E-state index in [9.17, 15) is 0 Å². The molecule has 0 aliphatic carbocycles. The normalized spacial score (nSPS) is 12.1. The molecule has 0 aliphatic heterocycles. The molecule has 1 aromatic carbocycles. The number of halogens is 1. The van der Waals surface area contributed by atoms with Gasteiger partial charge in [-0.1, -0.05) is 23.7 Å². The van der Waals surface area contributed by atoms with E-state index in [0.717, 1.165) is 18.0 Å². The molecule has 0 radical (unpaired) electrons. The topological polar surface area (TPSA) is 34.1 Å². The van der Waals surface area contributed by atoms with E-state index in [1.807, 2.05) is 42.5 Å². The van der Waals surface area contributed by atoms with Crippen LogP contribution in [0.5, 0.6) is 5.75 Å². The smallest absolute Gasteiger partial charge is 0.120 e. The summed E-state index contributed by atoms with van der Waals surface area (Å²) in [7, 11) is 0. The van der Waals surface area contributed by atoms with Crippen LogP contribution in [0.1, 0.15) is 18.7 Å². The lowest BCUT2D eigenvalue weighted by Gasteiger charge is -2.13. The van der Waals surface area contributed by atoms with Crippen molar-refractivity contribution in [2.45, 2.75) is 13.0 Å². The van der Waals surface area contributed by atoms with Gasteiger partial charge in [-0.25, -0.2) is 0 Å². The molecule has 2 rings (SSSR count). The number of pyridine rings is 1. The number of nitrogens with zero attached hydrogens (tertiary/aromatic N) is 1. The largest absolute Gasteiger partial charge is 0.492 e. The van der Waals surface area contributed by atoms with E-state index in [1.54, 1.807) is 6.20 Å². The van der Waals surface area contributed by atoms with Gasteiger partial charge in [0.05, 0.1) is 5.69 Å². The fourth-order valence-corrected chi connectivity index (χ4v) is 1.92. The second-order valence-corrected chi connectivity index (χ2v) is 4.67. The second-order valence-electron chi connectivity index (χ2n) is 4.24. The monoisotopic (exact) mass is 276 g/mol. The fraction of sp³-hybridized carbons (Fsp3) is 0.267. The summed E-state index contributed by atoms with van der Waals surface area (Å²) in [6.45, 7) is 3.43. The Labute approximate surface area is 118 Å². The van der Waals surface area contributed by atoms with E-state index in [0.29, 0.717) is 11.6 Å². The second kappa shape index (κ2) is 7.12. The summed E-state index contributed by atoms with van der Waals surface area (Å²) in [4.78, 5) is 4.31. The van der Waals surface area contributed by atoms with Gasteiger partial charge in [-0.2, -0.15) is 0 Å². The molecule has 19 heavy (non-hydrogen) atoms. The van der Waals surface area contributed by atoms with Crippen LogP contribution in [0.15, 0.2) is 48.7 Å². The molecule has 1 heterocycles. The van der Waals surface area contributed by atoms with Crippen molar-refractivity contribution in [1.29, 1.82) is 0 Å². The zero-order valence-corrected chi connectivity index (χ0v) is 11.6. The Morgan fingerprint density at radius 1 is 1.26 bits per heavy atom. The van der Waals surface area contributed by atoms with Crippen LogP contribution in [-0.2, 0) is 0 Å². The van der Waals surface area contributed by atoms with Gasteiger partial charge in [0.1, 0.15) is 12.4 Å². The molecule has 1 aromatic heterocycles. The van der Waals surface area contributed by atoms with Crippen LogP contribution in [0.25, 0.3) is 0 Å². The average molecular weight is 277 g/mol. The summed E-state index contributed by atoms with van der Waals surface area (Å²) in [5.41, 5.74) is 1.03. The zero-order valence-electron chi connectivity index (χ0n) is 10.8. The third kappa shape index (κ3) is 4.54. The van der Waals surface area contributed by atoms with Crippen LogP contribution in [0.2, 0.25) is 5.02 Å². The number of rotatable bonds is 6. The Morgan fingerprint density at radius 2 is 2.16 bits per heavy atom. The highest BCUT2D eigenvalue weighted by atomic mass is 35.5. The fourth-order valence-electron chi connectivity index (χ4n) is 1.74. The molecule has 1 unspecified atom stereocenters. The predicted molar refractivity (Wildman–Crippen MR) is 77.6 cm³/mol. The highest BCUT2D eigenvalue weighted by Crippen LogP contribution is 2.16. The number of nitrogens with one attached hydrogen (secondary N) is 1. The van der Waals surface area contributed by atoms with Crippen LogP contribution >= 0.6 is 11.6 Å². The van der Waals surface area contributed by atoms with E-state index in [4.69, 9.17) is 16.3 Å². The van der Waals surface area contributed by atoms with Gasteiger partial charge >= 0.3 is 0 Å². The Balaban J connectivity index is 1.72. The van der Waals surface area contributed by atoms with Crippen molar-refractivity contribution in [3.8, 4) is 5.75 Å². The van der Waals surface area contributed by atoms with Gasteiger partial charge in [-0.3, -0.25) is 4.98 Å². The maximum absolute atomic E-state index is 5.88. The zero-order chi connectivity index (χ0) is 13.5. The Hall–Kier alpha value is -1.58. The number of benzene rings is 1. The van der Waals surface area contributed by atoms with Crippen LogP contribution in [-0.4, -0.2) is 18.1 Å². The summed E-state index contributed by atoms with van der Waals surface area (Å²) >= 11 is 5.88. The number of hydrogen-bond donors (Lipinski definition) is 1. The summed E-state index contributed by atoms with van der Waals surface area (Å²) in [5, 5.41) is 4.05. The molecule has 4 heteroatoms. The van der Waals surface area contributed by atoms with Gasteiger partial charge in [-0.15, -0.1) is 0 Å². The third-order valence-corrected chi connectivity index (χ3v) is 2.98. The van der Waals surface area contributed by atoms with Gasteiger partial charge < -0.3 is 10.1 Å². The highest BCUT2D eigenvalue weighted by Gasteiger charge is 2.04. The predicted octanol–water partition coefficient (Wildman–Crippen LogP) is 3.46. The minimum absolute atomic E-state index is 0.212. The van der Waals surface area contributed by atoms with E-state index >= 15 is 0 Å². The molecule has 2 aromatic rings. The molecule has 0 fully saturated rings. The van der Waals surface area contributed by atoms with Crippen molar-refractivity contribution in [3.05, 3.63) is 59.4 Å². The first-order valence-electron chi connectivity index (χ1n) is 6.28. The van der Waals surface area contributed by atoms with E-state index in [1.165, 1.54) is 0 Å². The minimum Gasteiger partial charge on any atom is -0.492 e. The average Bonchev–Trinajstić information content (AvgIpc) is 2.44. The molecule has 1 N–H and O–H groups in total. The lowest BCUT2D eigenvalue weighted by Crippen LogP contribution is -2.24. The van der Waals surface area contributed by atoms with Crippen molar-refractivity contribution >= 4 is 11.6 Å². The summed E-state index contributed by atoms with van der Waals surface area (Å²) in [5.74, 6) is 0.791. The standard InChI is InChI=1S/C15H17ClN2O/c1-12(15-7-2-3-8-18-15)17-9-10-19-14-6-4-5-13(16)11-14/h2-8,11-12,17H,9-10H2,1H3. The van der Waals surface area contributed by atoms with Crippen molar-refractivity contribution < 1.29 is 4.74 Å². The summed E-state index contributed by atoms with van der Waals surface area (Å²) < 4.78 is 5.61. The number of aromatic nitrogens is 1. The van der Waals surface area contributed by atoms with Gasteiger partial charge in [0.25, 0.3) is 0 Å². The van der Waals surface area contributed by atoms with Gasteiger partial charge in [0.2, 0.25) is 0 Å². The molecule has 0 bridgehead atoms. The number of ether oxygens (including phenoxy) is 1. The van der Waals surface area contributed by atoms with Crippen molar-refractivity contribution in [2.24, 2.45) is 0 Å². The van der Waals surface area contributed by atoms with Crippen molar-refractivity contribution in [3.63, 3.8) is 0 Å². The molecule has 0 spiro atoms. The van der Waals surface area contributed by atoms with Gasteiger partial charge in [0, 0.05) is 23.8 Å². The summed E-state index contributed by atoms with van der Waals surface area (Å²) in [6.07, 6.45) is 1.80. The van der Waals surface area contributed by atoms with Crippen molar-refractivity contribution in [1.82, 2.24) is 10.3 Å². The Bertz CT molecular complexity index is 505. The van der Waals surface area contributed by atoms with Gasteiger partial charge in [-0.05, 0) is 37.3 Å². The molecule has 0 amide bonds. The highest BCUT2D eigenvalue weighted by molar-refractivity contribution is 6.30. The molecular weight excluding hydrogens is 260 g/mol. The van der Waals surface area contributed by atoms with Crippen LogP contribution in [0, 0.1) is 0 Å². The molecule has 0 aliphatic rings. The molecular formula is C15H17ClN2O. The van der Waals surface area contributed by atoms with Crippen molar-refractivity contribution in [2.75, 3.05) is 13.2 Å². The van der Waals surface area contributed by atoms with E-state index < -0.39 is 0 Å². The Morgan fingerprint density at radius 3 is 2.89 bits per heavy atom. The Kier molecular flexibility index (Phi) is 5.19. The molecule has 3 nitrogen and oxygen atoms in total. The number of hydrogen-bond acceptors (Lipinski definition) is 3.